The minimum absolute atomic E-state index is 0.0640. The highest BCUT2D eigenvalue weighted by Crippen LogP contribution is 2.50. The molecule has 11 rings (SSSR count). The molecule has 0 radical (unpaired) electrons. The highest BCUT2D eigenvalue weighted by Gasteiger charge is 2.51. The fourth-order valence-corrected chi connectivity index (χ4v) is 11.2. The van der Waals surface area contributed by atoms with Crippen LogP contribution in [0, 0.1) is 5.92 Å². The molecule has 3 aliphatic rings. The molecule has 4 aromatic carbocycles. The van der Waals surface area contributed by atoms with Gasteiger partial charge in [0.25, 0.3) is 0 Å². The number of methoxy groups -OCH3 is 2. The van der Waals surface area contributed by atoms with E-state index in [2.05, 4.69) is 79.1 Å². The summed E-state index contributed by atoms with van der Waals surface area (Å²) in [6, 6.07) is 30.4. The van der Waals surface area contributed by atoms with Crippen molar-refractivity contribution in [1.29, 1.82) is 0 Å². The number of fused-ring (bicyclic) bond motifs is 4. The summed E-state index contributed by atoms with van der Waals surface area (Å²) in [6.45, 7) is 0.550. The van der Waals surface area contributed by atoms with Crippen LogP contribution in [0.2, 0.25) is 0 Å². The first-order valence-electron chi connectivity index (χ1n) is 24.0. The fraction of sp³-hybridized carbons (Fsp3) is 0.296. The summed E-state index contributed by atoms with van der Waals surface area (Å²) in [4.78, 5) is 80.9. The number of carbonyl (C=O) groups is 4. The average molecular weight is 939 g/mol. The molecule has 1 aliphatic carbocycles. The largest absolute Gasteiger partial charge is 0.453 e. The van der Waals surface area contributed by atoms with Crippen molar-refractivity contribution in [3.05, 3.63) is 145 Å². The maximum absolute atomic E-state index is 14.6. The molecular formula is C54H54N10O6. The Morgan fingerprint density at radius 2 is 1.16 bits per heavy atom. The number of benzene rings is 4. The lowest BCUT2D eigenvalue weighted by atomic mass is 9.96. The zero-order valence-corrected chi connectivity index (χ0v) is 38.9. The van der Waals surface area contributed by atoms with Gasteiger partial charge in [0.1, 0.15) is 23.7 Å². The monoisotopic (exact) mass is 938 g/mol. The van der Waals surface area contributed by atoms with Gasteiger partial charge in [0, 0.05) is 59.6 Å². The summed E-state index contributed by atoms with van der Waals surface area (Å²) in [5.74, 6) is 1.38. The highest BCUT2D eigenvalue weighted by atomic mass is 16.5. The van der Waals surface area contributed by atoms with Gasteiger partial charge >= 0.3 is 12.2 Å². The highest BCUT2D eigenvalue weighted by molar-refractivity contribution is 5.90. The standard InChI is InChI=1S/C54H54N10O6/c1-69-53(67)61-43(25-36-27-55-41-10-5-3-8-39(36)41)51(65)63-23-7-12-47(63)49-57-29-45(59-49)33-17-13-31(14-18-33)32-15-19-34(20-16-32)46-30-58-50(60-46)48-35-21-22-38(24-35)64(48)52(66)44(62-54(68)70-2)26-37-28-56-42-11-6-4-9-40(37)42/h3-6,8-11,13-20,27-30,35,38,43-44,47-48,55-56H,7,12,21-26H2,1-2H3,(H,57,59)(H,58,60)(H,61,67)(H,62,68)/t35-,38-,43-,44+,47-,48+/m0/s1. The molecule has 2 saturated heterocycles. The molecule has 16 heteroatoms. The van der Waals surface area contributed by atoms with Gasteiger partial charge in [-0.3, -0.25) is 9.59 Å². The lowest BCUT2D eigenvalue weighted by Crippen LogP contribution is -2.52. The van der Waals surface area contributed by atoms with E-state index in [1.807, 2.05) is 83.1 Å². The van der Waals surface area contributed by atoms with Crippen LogP contribution in [-0.4, -0.2) is 103 Å². The van der Waals surface area contributed by atoms with Crippen molar-refractivity contribution < 1.29 is 28.7 Å². The number of rotatable bonds is 13. The van der Waals surface area contributed by atoms with Crippen LogP contribution in [0.5, 0.6) is 0 Å². The van der Waals surface area contributed by atoms with Gasteiger partial charge in [-0.1, -0.05) is 84.9 Å². The van der Waals surface area contributed by atoms with E-state index in [1.165, 1.54) is 14.2 Å². The molecule has 356 valence electrons. The topological polar surface area (TPSA) is 206 Å². The molecule has 70 heavy (non-hydrogen) atoms. The number of aromatic nitrogens is 6. The molecule has 0 unspecified atom stereocenters. The summed E-state index contributed by atoms with van der Waals surface area (Å²) in [6.07, 6.45) is 11.1. The number of likely N-dealkylation sites (tertiary alicyclic amines) is 2. The van der Waals surface area contributed by atoms with E-state index < -0.39 is 24.3 Å². The number of carbonyl (C=O) groups excluding carboxylic acids is 4. The summed E-state index contributed by atoms with van der Waals surface area (Å²) in [5, 5.41) is 7.65. The normalized spacial score (nSPS) is 19.4. The molecular weight excluding hydrogens is 885 g/mol. The zero-order valence-electron chi connectivity index (χ0n) is 38.9. The van der Waals surface area contributed by atoms with Gasteiger partial charge in [-0.25, -0.2) is 19.6 Å². The predicted octanol–water partition coefficient (Wildman–Crippen LogP) is 8.75. The minimum atomic E-state index is -0.823. The zero-order chi connectivity index (χ0) is 47.9. The number of imidazole rings is 2. The van der Waals surface area contributed by atoms with Crippen LogP contribution in [0.25, 0.3) is 55.4 Å². The maximum Gasteiger partial charge on any atom is 0.407 e. The summed E-state index contributed by atoms with van der Waals surface area (Å²) < 4.78 is 9.89. The molecule has 3 fully saturated rings. The molecule has 6 N–H and O–H groups in total. The van der Waals surface area contributed by atoms with Gasteiger partial charge in [-0.15, -0.1) is 0 Å². The van der Waals surface area contributed by atoms with Crippen LogP contribution in [0.15, 0.2) is 122 Å². The third-order valence-corrected chi connectivity index (χ3v) is 14.6. The minimum Gasteiger partial charge on any atom is -0.453 e. The molecule has 2 aliphatic heterocycles. The van der Waals surface area contributed by atoms with Crippen molar-refractivity contribution >= 4 is 45.8 Å². The van der Waals surface area contributed by atoms with E-state index >= 15 is 0 Å². The van der Waals surface area contributed by atoms with Crippen molar-refractivity contribution in [2.45, 2.75) is 75.2 Å². The SMILES string of the molecule is COC(=O)N[C@@H](Cc1c[nH]c2ccccc12)C(=O)N1CCC[C@H]1c1ncc(-c2ccc(-c3ccc(-c4cnc([C@H]5[C@H]6CC[C@@H](C6)N5C(=O)[C@@H](Cc5c[nH]c6ccccc56)NC(=O)OC)[nH]4)cc3)cc2)[nH]1. The fourth-order valence-electron chi connectivity index (χ4n) is 11.2. The number of nitrogens with one attached hydrogen (secondary N) is 6. The Bertz CT molecular complexity index is 3210. The molecule has 1 saturated carbocycles. The Hall–Kier alpha value is -8.14. The maximum atomic E-state index is 14.6. The molecule has 6 atom stereocenters. The van der Waals surface area contributed by atoms with Gasteiger partial charge < -0.3 is 49.8 Å². The number of H-pyrrole nitrogens is 4. The number of hydrogen-bond donors (Lipinski definition) is 6. The van der Waals surface area contributed by atoms with Gasteiger partial charge in [-0.2, -0.15) is 0 Å². The first kappa shape index (κ1) is 44.4. The second-order valence-corrected chi connectivity index (χ2v) is 18.6. The second-order valence-electron chi connectivity index (χ2n) is 18.6. The van der Waals surface area contributed by atoms with Crippen molar-refractivity contribution in [2.24, 2.45) is 5.92 Å². The van der Waals surface area contributed by atoms with Crippen molar-refractivity contribution in [3.8, 4) is 33.6 Å². The number of piperidine rings is 1. The Balaban J connectivity index is 0.761. The van der Waals surface area contributed by atoms with Crippen LogP contribution >= 0.6 is 0 Å². The molecule has 4 aromatic heterocycles. The van der Waals surface area contributed by atoms with E-state index in [-0.39, 0.29) is 35.9 Å². The Morgan fingerprint density at radius 1 is 0.643 bits per heavy atom. The van der Waals surface area contributed by atoms with Gasteiger partial charge in [0.15, 0.2) is 0 Å². The predicted molar refractivity (Wildman–Crippen MR) is 264 cm³/mol. The molecule has 0 spiro atoms. The van der Waals surface area contributed by atoms with E-state index in [4.69, 9.17) is 19.4 Å². The number of alkyl carbamates (subject to hydrolysis) is 2. The number of para-hydroxylation sites is 2. The first-order valence-corrected chi connectivity index (χ1v) is 24.0. The third kappa shape index (κ3) is 8.43. The number of amides is 4. The van der Waals surface area contributed by atoms with Gasteiger partial charge in [0.05, 0.1) is 50.1 Å². The Kier molecular flexibility index (Phi) is 11.9. The molecule has 4 amide bonds. The van der Waals surface area contributed by atoms with Crippen LogP contribution in [0.1, 0.15) is 67.0 Å². The number of nitrogens with zero attached hydrogens (tertiary/aromatic N) is 4. The average Bonchev–Trinajstić information content (AvgIpc) is 4.27. The van der Waals surface area contributed by atoms with Crippen molar-refractivity contribution in [2.75, 3.05) is 20.8 Å². The Labute approximate surface area is 403 Å². The van der Waals surface area contributed by atoms with Crippen LogP contribution in [-0.2, 0) is 31.9 Å². The Morgan fingerprint density at radius 3 is 1.73 bits per heavy atom. The second kappa shape index (κ2) is 18.7. The van der Waals surface area contributed by atoms with E-state index in [9.17, 15) is 19.2 Å². The lowest BCUT2D eigenvalue weighted by Gasteiger charge is -2.36. The number of hydrogen-bond acceptors (Lipinski definition) is 8. The summed E-state index contributed by atoms with van der Waals surface area (Å²) in [7, 11) is 2.61. The lowest BCUT2D eigenvalue weighted by molar-refractivity contribution is -0.138. The first-order chi connectivity index (χ1) is 34.2. The van der Waals surface area contributed by atoms with E-state index in [1.54, 1.807) is 0 Å². The summed E-state index contributed by atoms with van der Waals surface area (Å²) in [5.41, 5.74) is 9.54. The number of ether oxygens (including phenoxy) is 2. The van der Waals surface area contributed by atoms with Crippen LogP contribution < -0.4 is 10.6 Å². The van der Waals surface area contributed by atoms with Gasteiger partial charge in [-0.05, 0) is 83.5 Å². The molecule has 2 bridgehead atoms. The molecule has 16 nitrogen and oxygen atoms in total. The molecule has 6 heterocycles. The summed E-state index contributed by atoms with van der Waals surface area (Å²) >= 11 is 0. The molecule has 8 aromatic rings. The van der Waals surface area contributed by atoms with E-state index in [0.717, 1.165) is 105 Å². The van der Waals surface area contributed by atoms with Crippen molar-refractivity contribution in [3.63, 3.8) is 0 Å². The smallest absolute Gasteiger partial charge is 0.407 e. The quantitative estimate of drug-likeness (QED) is 0.0658. The van der Waals surface area contributed by atoms with Crippen molar-refractivity contribution in [1.82, 2.24) is 50.3 Å². The van der Waals surface area contributed by atoms with Gasteiger partial charge in [0.2, 0.25) is 11.8 Å². The third-order valence-electron chi connectivity index (χ3n) is 14.6. The number of aromatic amines is 4. The van der Waals surface area contributed by atoms with Crippen LogP contribution in [0.3, 0.4) is 0 Å². The van der Waals surface area contributed by atoms with E-state index in [0.29, 0.717) is 25.2 Å². The van der Waals surface area contributed by atoms with Crippen LogP contribution in [0.4, 0.5) is 9.59 Å².